The number of benzene rings is 1. The highest BCUT2D eigenvalue weighted by atomic mass is 16.5. The maximum absolute atomic E-state index is 6.23. The monoisotopic (exact) mass is 425 g/mol. The number of aryl methyl sites for hydroxylation is 1. The Balaban J connectivity index is 1.93. The van der Waals surface area contributed by atoms with Crippen LogP contribution in [0.1, 0.15) is 96.5 Å². The number of aromatic nitrogens is 1. The van der Waals surface area contributed by atoms with E-state index in [1.54, 1.807) is 0 Å². The third kappa shape index (κ3) is 10.2. The first kappa shape index (κ1) is 25.2. The molecule has 0 N–H and O–H groups in total. The first-order valence-electron chi connectivity index (χ1n) is 12.6. The molecule has 0 bridgehead atoms. The average molecular weight is 426 g/mol. The lowest BCUT2D eigenvalue weighted by molar-refractivity contribution is 0.290. The summed E-state index contributed by atoms with van der Waals surface area (Å²) in [5, 5.41) is 0. The summed E-state index contributed by atoms with van der Waals surface area (Å²) in [6, 6.07) is 10.3. The van der Waals surface area contributed by atoms with E-state index in [2.05, 4.69) is 37.9 Å². The largest absolute Gasteiger partial charge is 0.493 e. The molecule has 0 amide bonds. The molecule has 1 heterocycles. The molecule has 31 heavy (non-hydrogen) atoms. The minimum Gasteiger partial charge on any atom is -0.493 e. The zero-order valence-electron chi connectivity index (χ0n) is 20.1. The van der Waals surface area contributed by atoms with Crippen molar-refractivity contribution in [3.63, 3.8) is 0 Å². The summed E-state index contributed by atoms with van der Waals surface area (Å²) in [5.41, 5.74) is 3.21. The zero-order valence-corrected chi connectivity index (χ0v) is 20.1. The van der Waals surface area contributed by atoms with Crippen LogP contribution in [0.3, 0.4) is 0 Å². The van der Waals surface area contributed by atoms with Crippen molar-refractivity contribution in [1.29, 1.82) is 0 Å². The molecule has 0 spiro atoms. The molecule has 172 valence electrons. The smallest absolute Gasteiger partial charge is 0.132 e. The van der Waals surface area contributed by atoms with Crippen molar-refractivity contribution in [2.75, 3.05) is 13.2 Å². The summed E-state index contributed by atoms with van der Waals surface area (Å²) < 4.78 is 12.3. The van der Waals surface area contributed by atoms with Crippen LogP contribution < -0.4 is 9.47 Å². The molecule has 0 aliphatic carbocycles. The van der Waals surface area contributed by atoms with Gasteiger partial charge in [0.05, 0.1) is 18.9 Å². The van der Waals surface area contributed by atoms with E-state index in [1.807, 2.05) is 24.4 Å². The number of pyridine rings is 1. The van der Waals surface area contributed by atoms with Crippen LogP contribution in [0.5, 0.6) is 11.5 Å². The van der Waals surface area contributed by atoms with E-state index in [4.69, 9.17) is 9.47 Å². The number of rotatable bonds is 17. The number of hydrogen-bond acceptors (Lipinski definition) is 3. The van der Waals surface area contributed by atoms with E-state index in [1.165, 1.54) is 69.8 Å². The van der Waals surface area contributed by atoms with Crippen LogP contribution in [-0.4, -0.2) is 18.2 Å². The van der Waals surface area contributed by atoms with Crippen molar-refractivity contribution >= 4 is 0 Å². The second-order valence-electron chi connectivity index (χ2n) is 8.61. The number of ether oxygens (including phenoxy) is 2. The van der Waals surface area contributed by atoms with Crippen LogP contribution >= 0.6 is 0 Å². The van der Waals surface area contributed by atoms with Gasteiger partial charge in [-0.25, -0.2) is 0 Å². The van der Waals surface area contributed by atoms with Gasteiger partial charge in [0, 0.05) is 17.8 Å². The molecule has 3 nitrogen and oxygen atoms in total. The Hall–Kier alpha value is -2.03. The van der Waals surface area contributed by atoms with Crippen molar-refractivity contribution in [2.24, 2.45) is 0 Å². The van der Waals surface area contributed by atoms with Crippen LogP contribution in [0.25, 0.3) is 11.3 Å². The van der Waals surface area contributed by atoms with E-state index in [-0.39, 0.29) is 0 Å². The molecule has 0 aliphatic rings. The normalized spacial score (nSPS) is 10.9. The maximum Gasteiger partial charge on any atom is 0.132 e. The third-order valence-corrected chi connectivity index (χ3v) is 5.67. The fraction of sp³-hybridized carbons (Fsp3) is 0.607. The van der Waals surface area contributed by atoms with E-state index in [9.17, 15) is 0 Å². The van der Waals surface area contributed by atoms with Crippen LogP contribution in [0.4, 0.5) is 0 Å². The predicted molar refractivity (Wildman–Crippen MR) is 132 cm³/mol. The molecule has 0 unspecified atom stereocenters. The van der Waals surface area contributed by atoms with Crippen LogP contribution in [0.2, 0.25) is 0 Å². The van der Waals surface area contributed by atoms with Gasteiger partial charge >= 0.3 is 0 Å². The molecule has 0 aliphatic heterocycles. The summed E-state index contributed by atoms with van der Waals surface area (Å²) in [6.07, 6.45) is 17.1. The van der Waals surface area contributed by atoms with Crippen molar-refractivity contribution in [1.82, 2.24) is 4.98 Å². The van der Waals surface area contributed by atoms with E-state index in [0.717, 1.165) is 48.8 Å². The lowest BCUT2D eigenvalue weighted by atomic mass is 10.1. The molecule has 0 radical (unpaired) electrons. The fourth-order valence-electron chi connectivity index (χ4n) is 3.74. The molecular weight excluding hydrogens is 382 g/mol. The molecule has 0 fully saturated rings. The lowest BCUT2D eigenvalue weighted by Gasteiger charge is -2.14. The number of hydrogen-bond donors (Lipinski definition) is 0. The Morgan fingerprint density at radius 2 is 1.29 bits per heavy atom. The van der Waals surface area contributed by atoms with Crippen molar-refractivity contribution < 1.29 is 9.47 Å². The molecule has 2 rings (SSSR count). The molecule has 1 aromatic carbocycles. The Morgan fingerprint density at radius 1 is 0.677 bits per heavy atom. The van der Waals surface area contributed by atoms with Gasteiger partial charge in [0.25, 0.3) is 0 Å². The van der Waals surface area contributed by atoms with Gasteiger partial charge in [-0.15, -0.1) is 0 Å². The molecular formula is C28H43NO2. The maximum atomic E-state index is 6.23. The van der Waals surface area contributed by atoms with Crippen molar-refractivity contribution in [3.05, 3.63) is 42.1 Å². The van der Waals surface area contributed by atoms with Gasteiger partial charge < -0.3 is 9.47 Å². The highest BCUT2D eigenvalue weighted by Crippen LogP contribution is 2.33. The summed E-state index contributed by atoms with van der Waals surface area (Å²) in [5.74, 6) is 1.77. The van der Waals surface area contributed by atoms with Gasteiger partial charge in [-0.05, 0) is 49.6 Å². The summed E-state index contributed by atoms with van der Waals surface area (Å²) in [6.45, 7) is 8.12. The van der Waals surface area contributed by atoms with Gasteiger partial charge in [0.2, 0.25) is 0 Å². The summed E-state index contributed by atoms with van der Waals surface area (Å²) in [7, 11) is 0. The van der Waals surface area contributed by atoms with Crippen molar-refractivity contribution in [3.8, 4) is 22.8 Å². The van der Waals surface area contributed by atoms with Gasteiger partial charge in [-0.2, -0.15) is 0 Å². The molecule has 3 heteroatoms. The quantitative estimate of drug-likeness (QED) is 0.238. The summed E-state index contributed by atoms with van der Waals surface area (Å²) in [4.78, 5) is 4.57. The molecule has 1 aromatic heterocycles. The van der Waals surface area contributed by atoms with Gasteiger partial charge in [-0.3, -0.25) is 4.98 Å². The zero-order chi connectivity index (χ0) is 22.2. The SMILES string of the molecule is CCCCCCCCOc1ccc(-c2cc(C)ccn2)c(OCCCCCCCC)c1. The topological polar surface area (TPSA) is 31.4 Å². The molecule has 2 aromatic rings. The van der Waals surface area contributed by atoms with E-state index < -0.39 is 0 Å². The second kappa shape index (κ2) is 15.7. The standard InChI is InChI=1S/C28H43NO2/c1-4-6-8-10-12-14-20-30-25-16-17-26(27-22-24(3)18-19-29-27)28(23-25)31-21-15-13-11-9-7-5-2/h16-19,22-23H,4-15,20-21H2,1-3H3. The average Bonchev–Trinajstić information content (AvgIpc) is 2.78. The first-order chi connectivity index (χ1) is 15.2. The Morgan fingerprint density at radius 3 is 1.94 bits per heavy atom. The second-order valence-corrected chi connectivity index (χ2v) is 8.61. The third-order valence-electron chi connectivity index (χ3n) is 5.67. The van der Waals surface area contributed by atoms with Gasteiger partial charge in [0.1, 0.15) is 11.5 Å². The highest BCUT2D eigenvalue weighted by molar-refractivity contribution is 5.68. The first-order valence-corrected chi connectivity index (χ1v) is 12.6. The number of unbranched alkanes of at least 4 members (excludes halogenated alkanes) is 10. The highest BCUT2D eigenvalue weighted by Gasteiger charge is 2.10. The van der Waals surface area contributed by atoms with E-state index >= 15 is 0 Å². The Bertz CT molecular complexity index is 729. The van der Waals surface area contributed by atoms with Gasteiger partial charge in [0.15, 0.2) is 0 Å². The van der Waals surface area contributed by atoms with E-state index in [0.29, 0.717) is 0 Å². The number of nitrogens with zero attached hydrogens (tertiary/aromatic N) is 1. The predicted octanol–water partition coefficient (Wildman–Crippen LogP) is 8.54. The molecule has 0 saturated heterocycles. The Kier molecular flexibility index (Phi) is 12.8. The molecule has 0 saturated carbocycles. The van der Waals surface area contributed by atoms with Gasteiger partial charge in [-0.1, -0.05) is 78.1 Å². The van der Waals surface area contributed by atoms with Crippen LogP contribution in [0, 0.1) is 6.92 Å². The summed E-state index contributed by atoms with van der Waals surface area (Å²) >= 11 is 0. The minimum absolute atomic E-state index is 0.742. The van der Waals surface area contributed by atoms with Crippen LogP contribution in [0.15, 0.2) is 36.5 Å². The van der Waals surface area contributed by atoms with Crippen molar-refractivity contribution in [2.45, 2.75) is 97.8 Å². The Labute approximate surface area is 190 Å². The minimum atomic E-state index is 0.742. The molecule has 0 atom stereocenters. The lowest BCUT2D eigenvalue weighted by Crippen LogP contribution is -2.02. The van der Waals surface area contributed by atoms with Crippen LogP contribution in [-0.2, 0) is 0 Å². The fourth-order valence-corrected chi connectivity index (χ4v) is 3.74.